The molecule has 2 unspecified atom stereocenters. The molecular weight excluding hydrogens is 290 g/mol. The van der Waals surface area contributed by atoms with Crippen LogP contribution in [-0.4, -0.2) is 55.6 Å². The van der Waals surface area contributed by atoms with E-state index in [4.69, 9.17) is 4.74 Å². The summed E-state index contributed by atoms with van der Waals surface area (Å²) in [6.45, 7) is 6.23. The topological polar surface area (TPSA) is 70.7 Å². The molecule has 2 N–H and O–H groups in total. The number of amides is 1. The summed E-state index contributed by atoms with van der Waals surface area (Å²) in [5, 5.41) is 7.94. The van der Waals surface area contributed by atoms with Crippen molar-refractivity contribution in [2.45, 2.75) is 25.9 Å². The smallest absolute Gasteiger partial charge is 0.350 e. The Hall–Kier alpha value is -1.44. The molecule has 7 heteroatoms. The van der Waals surface area contributed by atoms with Gasteiger partial charge in [-0.15, -0.1) is 11.3 Å². The van der Waals surface area contributed by atoms with Gasteiger partial charge in [-0.05, 0) is 25.3 Å². The standard InChI is InChI=1S/C14H21N3O3S/c1-9-7-17(10(2)6-15-9)8-12(18)16-11-4-5-21-13(11)14(19)20-3/h4-5,9-10,15H,6-8H2,1-3H3,(H,16,18). The van der Waals surface area contributed by atoms with Gasteiger partial charge in [0, 0.05) is 25.2 Å². The Morgan fingerprint density at radius 1 is 1.52 bits per heavy atom. The van der Waals surface area contributed by atoms with Gasteiger partial charge in [0.15, 0.2) is 0 Å². The number of anilines is 1. The van der Waals surface area contributed by atoms with E-state index in [0.717, 1.165) is 13.1 Å². The van der Waals surface area contributed by atoms with Crippen molar-refractivity contribution in [3.05, 3.63) is 16.3 Å². The number of nitrogens with zero attached hydrogens (tertiary/aromatic N) is 1. The fourth-order valence-corrected chi connectivity index (χ4v) is 3.12. The second kappa shape index (κ2) is 7.02. The van der Waals surface area contributed by atoms with Crippen molar-refractivity contribution in [3.63, 3.8) is 0 Å². The number of thiophene rings is 1. The Morgan fingerprint density at radius 2 is 2.29 bits per heavy atom. The average Bonchev–Trinajstić information content (AvgIpc) is 2.90. The number of esters is 1. The van der Waals surface area contributed by atoms with Crippen LogP contribution in [0.1, 0.15) is 23.5 Å². The van der Waals surface area contributed by atoms with Crippen molar-refractivity contribution in [2.75, 3.05) is 32.1 Å². The van der Waals surface area contributed by atoms with E-state index in [1.807, 2.05) is 0 Å². The minimum atomic E-state index is -0.426. The summed E-state index contributed by atoms with van der Waals surface area (Å²) in [5.41, 5.74) is 0.521. The molecule has 1 aromatic rings. The molecule has 0 saturated carbocycles. The second-order valence-corrected chi connectivity index (χ2v) is 6.21. The third-order valence-electron chi connectivity index (χ3n) is 3.55. The lowest BCUT2D eigenvalue weighted by Crippen LogP contribution is -2.55. The summed E-state index contributed by atoms with van der Waals surface area (Å²) in [6, 6.07) is 2.41. The van der Waals surface area contributed by atoms with Crippen LogP contribution in [0.2, 0.25) is 0 Å². The normalized spacial score (nSPS) is 22.8. The number of hydrogen-bond donors (Lipinski definition) is 2. The maximum Gasteiger partial charge on any atom is 0.350 e. The van der Waals surface area contributed by atoms with Gasteiger partial charge in [-0.2, -0.15) is 0 Å². The number of methoxy groups -OCH3 is 1. The van der Waals surface area contributed by atoms with Crippen molar-refractivity contribution in [2.24, 2.45) is 0 Å². The number of ether oxygens (including phenoxy) is 1. The Labute approximate surface area is 128 Å². The van der Waals surface area contributed by atoms with Gasteiger partial charge in [-0.3, -0.25) is 9.69 Å². The predicted octanol–water partition coefficient (Wildman–Crippen LogP) is 1.16. The van der Waals surface area contributed by atoms with Gasteiger partial charge in [0.25, 0.3) is 0 Å². The number of nitrogens with one attached hydrogen (secondary N) is 2. The number of carbonyl (C=O) groups is 2. The Bertz CT molecular complexity index is 517. The number of carbonyl (C=O) groups excluding carboxylic acids is 2. The van der Waals surface area contributed by atoms with E-state index in [0.29, 0.717) is 29.2 Å². The minimum absolute atomic E-state index is 0.112. The van der Waals surface area contributed by atoms with Gasteiger partial charge in [-0.25, -0.2) is 4.79 Å². The molecule has 1 amide bonds. The largest absolute Gasteiger partial charge is 0.465 e. The molecule has 1 aromatic heterocycles. The van der Waals surface area contributed by atoms with Crippen LogP contribution in [0.5, 0.6) is 0 Å². The van der Waals surface area contributed by atoms with E-state index < -0.39 is 5.97 Å². The fraction of sp³-hybridized carbons (Fsp3) is 0.571. The van der Waals surface area contributed by atoms with E-state index in [1.165, 1.54) is 18.4 Å². The zero-order valence-electron chi connectivity index (χ0n) is 12.5. The minimum Gasteiger partial charge on any atom is -0.465 e. The highest BCUT2D eigenvalue weighted by Crippen LogP contribution is 2.23. The van der Waals surface area contributed by atoms with Crippen LogP contribution in [0.15, 0.2) is 11.4 Å². The predicted molar refractivity (Wildman–Crippen MR) is 82.8 cm³/mol. The Balaban J connectivity index is 1.96. The molecule has 0 aromatic carbocycles. The summed E-state index contributed by atoms with van der Waals surface area (Å²) in [5.74, 6) is -0.538. The van der Waals surface area contributed by atoms with Crippen LogP contribution < -0.4 is 10.6 Å². The summed E-state index contributed by atoms with van der Waals surface area (Å²) in [4.78, 5) is 26.3. The first-order valence-corrected chi connectivity index (χ1v) is 7.82. The van der Waals surface area contributed by atoms with Gasteiger partial charge >= 0.3 is 5.97 Å². The lowest BCUT2D eigenvalue weighted by molar-refractivity contribution is -0.118. The van der Waals surface area contributed by atoms with E-state index in [2.05, 4.69) is 29.4 Å². The summed E-state index contributed by atoms with van der Waals surface area (Å²) < 4.78 is 4.70. The Kier molecular flexibility index (Phi) is 5.33. The van der Waals surface area contributed by atoms with Crippen molar-refractivity contribution < 1.29 is 14.3 Å². The highest BCUT2D eigenvalue weighted by Gasteiger charge is 2.24. The number of piperazine rings is 1. The zero-order valence-corrected chi connectivity index (χ0v) is 13.3. The lowest BCUT2D eigenvalue weighted by atomic mass is 10.1. The molecule has 116 valence electrons. The highest BCUT2D eigenvalue weighted by atomic mass is 32.1. The average molecular weight is 311 g/mol. The maximum absolute atomic E-state index is 12.2. The molecule has 1 saturated heterocycles. The van der Waals surface area contributed by atoms with Crippen molar-refractivity contribution in [1.29, 1.82) is 0 Å². The first-order chi connectivity index (χ1) is 10.0. The summed E-state index contributed by atoms with van der Waals surface area (Å²) in [7, 11) is 1.33. The second-order valence-electron chi connectivity index (χ2n) is 5.29. The molecule has 2 heterocycles. The molecule has 21 heavy (non-hydrogen) atoms. The third-order valence-corrected chi connectivity index (χ3v) is 4.44. The van der Waals surface area contributed by atoms with Crippen LogP contribution in [-0.2, 0) is 9.53 Å². The third kappa shape index (κ3) is 4.03. The molecule has 0 aliphatic carbocycles. The summed E-state index contributed by atoms with van der Waals surface area (Å²) in [6.07, 6.45) is 0. The highest BCUT2D eigenvalue weighted by molar-refractivity contribution is 7.12. The number of rotatable bonds is 4. The molecular formula is C14H21N3O3S. The molecule has 0 spiro atoms. The van der Waals surface area contributed by atoms with Gasteiger partial charge < -0.3 is 15.4 Å². The molecule has 2 atom stereocenters. The van der Waals surface area contributed by atoms with Crippen molar-refractivity contribution >= 4 is 28.9 Å². The SMILES string of the molecule is COC(=O)c1sccc1NC(=O)CN1CC(C)NCC1C. The van der Waals surface area contributed by atoms with Crippen LogP contribution >= 0.6 is 11.3 Å². The Morgan fingerprint density at radius 3 is 3.00 bits per heavy atom. The van der Waals surface area contributed by atoms with Crippen LogP contribution in [0.4, 0.5) is 5.69 Å². The molecule has 1 aliphatic heterocycles. The molecule has 6 nitrogen and oxygen atoms in total. The van der Waals surface area contributed by atoms with Crippen molar-refractivity contribution in [3.8, 4) is 0 Å². The zero-order chi connectivity index (χ0) is 15.4. The number of hydrogen-bond acceptors (Lipinski definition) is 6. The van der Waals surface area contributed by atoms with E-state index >= 15 is 0 Å². The van der Waals surface area contributed by atoms with Gasteiger partial charge in [-0.1, -0.05) is 0 Å². The van der Waals surface area contributed by atoms with Gasteiger partial charge in [0.2, 0.25) is 5.91 Å². The molecule has 0 radical (unpaired) electrons. The van der Waals surface area contributed by atoms with Gasteiger partial charge in [0.1, 0.15) is 4.88 Å². The quantitative estimate of drug-likeness (QED) is 0.817. The van der Waals surface area contributed by atoms with Crippen LogP contribution in [0.25, 0.3) is 0 Å². The first-order valence-electron chi connectivity index (χ1n) is 6.94. The van der Waals surface area contributed by atoms with Crippen LogP contribution in [0, 0.1) is 0 Å². The van der Waals surface area contributed by atoms with Gasteiger partial charge in [0.05, 0.1) is 19.3 Å². The maximum atomic E-state index is 12.2. The lowest BCUT2D eigenvalue weighted by Gasteiger charge is -2.36. The summed E-state index contributed by atoms with van der Waals surface area (Å²) >= 11 is 1.26. The van der Waals surface area contributed by atoms with Crippen molar-refractivity contribution in [1.82, 2.24) is 10.2 Å². The van der Waals surface area contributed by atoms with E-state index in [-0.39, 0.29) is 5.91 Å². The van der Waals surface area contributed by atoms with E-state index in [1.54, 1.807) is 11.4 Å². The molecule has 0 bridgehead atoms. The molecule has 1 fully saturated rings. The monoisotopic (exact) mass is 311 g/mol. The van der Waals surface area contributed by atoms with Crippen LogP contribution in [0.3, 0.4) is 0 Å². The first kappa shape index (κ1) is 15.9. The molecule has 1 aliphatic rings. The van der Waals surface area contributed by atoms with E-state index in [9.17, 15) is 9.59 Å². The molecule has 2 rings (SSSR count). The fourth-order valence-electron chi connectivity index (χ4n) is 2.35.